The lowest BCUT2D eigenvalue weighted by Crippen LogP contribution is -2.15. The number of para-hydroxylation sites is 2. The highest BCUT2D eigenvalue weighted by molar-refractivity contribution is 5.95. The van der Waals surface area contributed by atoms with E-state index in [1.165, 1.54) is 28.1 Å². The summed E-state index contributed by atoms with van der Waals surface area (Å²) in [5.41, 5.74) is 6.49. The average molecular weight is 264 g/mol. The summed E-state index contributed by atoms with van der Waals surface area (Å²) in [6.45, 7) is 0.944. The second-order valence-corrected chi connectivity index (χ2v) is 5.54. The van der Waals surface area contributed by atoms with Crippen LogP contribution in [0.1, 0.15) is 11.1 Å². The Morgan fingerprint density at radius 2 is 1.55 bits per heavy atom. The molecule has 0 saturated carbocycles. The second kappa shape index (κ2) is 5.14. The Kier molecular flexibility index (Phi) is 3.33. The van der Waals surface area contributed by atoms with Crippen molar-refractivity contribution in [3.05, 3.63) is 59.7 Å². The van der Waals surface area contributed by atoms with Gasteiger partial charge in [0.2, 0.25) is 0 Å². The van der Waals surface area contributed by atoms with Crippen LogP contribution >= 0.6 is 0 Å². The molecule has 0 radical (unpaired) electrons. The summed E-state index contributed by atoms with van der Waals surface area (Å²) in [4.78, 5) is 4.50. The van der Waals surface area contributed by atoms with Gasteiger partial charge in [0, 0.05) is 30.5 Å². The number of hydrogen-bond donors (Lipinski definition) is 0. The minimum absolute atomic E-state index is 0.944. The van der Waals surface area contributed by atoms with Gasteiger partial charge in [0.15, 0.2) is 0 Å². The quantitative estimate of drug-likeness (QED) is 0.812. The summed E-state index contributed by atoms with van der Waals surface area (Å²) in [5, 5.41) is 0. The second-order valence-electron chi connectivity index (χ2n) is 5.54. The van der Waals surface area contributed by atoms with Crippen molar-refractivity contribution in [2.45, 2.75) is 0 Å². The summed E-state index contributed by atoms with van der Waals surface area (Å²) in [5.74, 6) is 0. The molecule has 2 heteroatoms. The average Bonchev–Trinajstić information content (AvgIpc) is 2.56. The molecule has 2 nitrogen and oxygen atoms in total. The number of hydrogen-bond acceptors (Lipinski definition) is 2. The van der Waals surface area contributed by atoms with Gasteiger partial charge in [0.05, 0.1) is 0 Å². The Balaban J connectivity index is 2.23. The molecule has 102 valence electrons. The van der Waals surface area contributed by atoms with Crippen LogP contribution in [-0.2, 0) is 0 Å². The lowest BCUT2D eigenvalue weighted by molar-refractivity contribution is 0.464. The lowest BCUT2D eigenvalue weighted by atomic mass is 10.0. The van der Waals surface area contributed by atoms with Crippen LogP contribution < -0.4 is 4.90 Å². The van der Waals surface area contributed by atoms with E-state index in [1.54, 1.807) is 0 Å². The largest absolute Gasteiger partial charge is 0.344 e. The predicted octanol–water partition coefficient (Wildman–Crippen LogP) is 3.87. The van der Waals surface area contributed by atoms with Gasteiger partial charge in [-0.3, -0.25) is 0 Å². The zero-order valence-electron chi connectivity index (χ0n) is 12.3. The van der Waals surface area contributed by atoms with Crippen LogP contribution in [0.25, 0.3) is 11.6 Å². The zero-order chi connectivity index (χ0) is 14.1. The molecule has 0 aliphatic carbocycles. The topological polar surface area (TPSA) is 6.48 Å². The summed E-state index contributed by atoms with van der Waals surface area (Å²) < 4.78 is 0. The molecule has 0 fully saturated rings. The molecule has 2 aromatic carbocycles. The third-order valence-electron chi connectivity index (χ3n) is 3.73. The van der Waals surface area contributed by atoms with Gasteiger partial charge >= 0.3 is 0 Å². The van der Waals surface area contributed by atoms with E-state index in [0.29, 0.717) is 0 Å². The van der Waals surface area contributed by atoms with Crippen LogP contribution in [0.2, 0.25) is 0 Å². The zero-order valence-corrected chi connectivity index (χ0v) is 12.3. The van der Waals surface area contributed by atoms with Crippen molar-refractivity contribution in [1.29, 1.82) is 0 Å². The molecule has 1 aliphatic rings. The minimum Gasteiger partial charge on any atom is -0.344 e. The molecular formula is C18H20N2. The molecule has 0 amide bonds. The highest BCUT2D eigenvalue weighted by atomic mass is 15.1. The maximum Gasteiger partial charge on any atom is 0.0485 e. The van der Waals surface area contributed by atoms with Crippen molar-refractivity contribution in [3.63, 3.8) is 0 Å². The van der Waals surface area contributed by atoms with Crippen LogP contribution in [0.4, 0.5) is 11.4 Å². The van der Waals surface area contributed by atoms with E-state index in [0.717, 1.165) is 6.54 Å². The number of anilines is 2. The highest BCUT2D eigenvalue weighted by Crippen LogP contribution is 2.38. The van der Waals surface area contributed by atoms with Crippen LogP contribution in [0.5, 0.6) is 0 Å². The molecule has 0 unspecified atom stereocenters. The van der Waals surface area contributed by atoms with Gasteiger partial charge in [-0.1, -0.05) is 36.4 Å². The monoisotopic (exact) mass is 264 g/mol. The summed E-state index contributed by atoms with van der Waals surface area (Å²) >= 11 is 0. The first-order valence-electron chi connectivity index (χ1n) is 6.94. The van der Waals surface area contributed by atoms with E-state index in [-0.39, 0.29) is 0 Å². The van der Waals surface area contributed by atoms with Crippen LogP contribution in [0.3, 0.4) is 0 Å². The van der Waals surface area contributed by atoms with Crippen molar-refractivity contribution >= 4 is 23.0 Å². The van der Waals surface area contributed by atoms with E-state index in [2.05, 4.69) is 85.5 Å². The van der Waals surface area contributed by atoms with Crippen LogP contribution in [0, 0.1) is 0 Å². The van der Waals surface area contributed by atoms with Crippen LogP contribution in [-0.4, -0.2) is 32.6 Å². The Morgan fingerprint density at radius 1 is 0.900 bits per heavy atom. The Labute approximate surface area is 121 Å². The molecule has 20 heavy (non-hydrogen) atoms. The first kappa shape index (κ1) is 12.9. The number of likely N-dealkylation sites (N-methyl/N-ethyl adjacent to an activating group) is 1. The van der Waals surface area contributed by atoms with Crippen LogP contribution in [0.15, 0.2) is 48.5 Å². The first-order chi connectivity index (χ1) is 9.66. The molecule has 0 aromatic heterocycles. The molecule has 0 atom stereocenters. The van der Waals surface area contributed by atoms with Gasteiger partial charge in [-0.15, -0.1) is 0 Å². The summed E-state index contributed by atoms with van der Waals surface area (Å²) in [6, 6.07) is 17.2. The normalized spacial score (nSPS) is 13.6. The standard InChI is InChI=1S/C18H20N2/c1-19(2)13-15-12-14-8-4-6-10-17(14)20(3)18-11-7-5-9-16(15)18/h4-12H,13H2,1-3H3. The molecule has 0 bridgehead atoms. The fraction of sp³-hybridized carbons (Fsp3) is 0.222. The minimum atomic E-state index is 0.944. The number of benzene rings is 2. The lowest BCUT2D eigenvalue weighted by Gasteiger charge is -2.22. The smallest absolute Gasteiger partial charge is 0.0485 e. The van der Waals surface area contributed by atoms with Gasteiger partial charge in [-0.05, 0) is 43.4 Å². The molecular weight excluding hydrogens is 244 g/mol. The van der Waals surface area contributed by atoms with Gasteiger partial charge in [0.25, 0.3) is 0 Å². The first-order valence-corrected chi connectivity index (χ1v) is 6.94. The fourth-order valence-electron chi connectivity index (χ4n) is 2.82. The summed E-state index contributed by atoms with van der Waals surface area (Å²) in [7, 11) is 6.37. The van der Waals surface area contributed by atoms with Crippen molar-refractivity contribution in [3.8, 4) is 0 Å². The highest BCUT2D eigenvalue weighted by Gasteiger charge is 2.18. The van der Waals surface area contributed by atoms with Gasteiger partial charge in [-0.2, -0.15) is 0 Å². The molecule has 0 saturated heterocycles. The molecule has 0 N–H and O–H groups in total. The van der Waals surface area contributed by atoms with Gasteiger partial charge in [-0.25, -0.2) is 0 Å². The Morgan fingerprint density at radius 3 is 2.30 bits per heavy atom. The van der Waals surface area contributed by atoms with E-state index in [4.69, 9.17) is 0 Å². The van der Waals surface area contributed by atoms with E-state index in [1.807, 2.05) is 0 Å². The number of fused-ring (bicyclic) bond motifs is 2. The fourth-order valence-corrected chi connectivity index (χ4v) is 2.82. The van der Waals surface area contributed by atoms with Crippen molar-refractivity contribution < 1.29 is 0 Å². The maximum atomic E-state index is 2.32. The van der Waals surface area contributed by atoms with Crippen molar-refractivity contribution in [2.24, 2.45) is 0 Å². The molecule has 1 aliphatic heterocycles. The number of nitrogens with zero attached hydrogens (tertiary/aromatic N) is 2. The SMILES string of the molecule is CN(C)CC1=Cc2ccccc2N(C)c2ccccc21. The third-order valence-corrected chi connectivity index (χ3v) is 3.73. The van der Waals surface area contributed by atoms with Gasteiger partial charge < -0.3 is 9.80 Å². The third kappa shape index (κ3) is 2.23. The molecule has 2 aromatic rings. The predicted molar refractivity (Wildman–Crippen MR) is 87.4 cm³/mol. The van der Waals surface area contributed by atoms with Crippen molar-refractivity contribution in [1.82, 2.24) is 4.90 Å². The van der Waals surface area contributed by atoms with Gasteiger partial charge in [0.1, 0.15) is 0 Å². The maximum absolute atomic E-state index is 2.32. The van der Waals surface area contributed by atoms with E-state index >= 15 is 0 Å². The summed E-state index contributed by atoms with van der Waals surface area (Å²) in [6.07, 6.45) is 2.32. The van der Waals surface area contributed by atoms with E-state index < -0.39 is 0 Å². The van der Waals surface area contributed by atoms with E-state index in [9.17, 15) is 0 Å². The molecule has 3 rings (SSSR count). The molecule has 0 spiro atoms. The Hall–Kier alpha value is -2.06. The van der Waals surface area contributed by atoms with Crippen molar-refractivity contribution in [2.75, 3.05) is 32.6 Å². The molecule has 1 heterocycles. The number of rotatable bonds is 2. The Bertz CT molecular complexity index is 656.